The van der Waals surface area contributed by atoms with Gasteiger partial charge in [-0.1, -0.05) is 44.2 Å². The maximum Gasteiger partial charge on any atom is 0.303 e. The van der Waals surface area contributed by atoms with Crippen molar-refractivity contribution in [3.8, 4) is 0 Å². The van der Waals surface area contributed by atoms with Crippen LogP contribution in [0.3, 0.4) is 0 Å². The highest BCUT2D eigenvalue weighted by atomic mass is 16.4. The molecule has 10 nitrogen and oxygen atoms in total. The first-order valence-corrected chi connectivity index (χ1v) is 11.6. The van der Waals surface area contributed by atoms with Crippen LogP contribution in [-0.4, -0.2) is 66.5 Å². The second-order valence-corrected chi connectivity index (χ2v) is 8.89. The third kappa shape index (κ3) is 7.56. The SMILES string of the molecule is CC(NC(=O)C(NC(=O)C1CCCN1C(=O)[C@@H](BOCN)CC(=O)O)C(C)C)c1ccccc1. The van der Waals surface area contributed by atoms with Gasteiger partial charge in [-0.05, 0) is 31.2 Å². The topological polar surface area (TPSA) is 151 Å². The van der Waals surface area contributed by atoms with Gasteiger partial charge in [-0.3, -0.25) is 19.2 Å². The average Bonchev–Trinajstić information content (AvgIpc) is 3.29. The molecule has 1 saturated heterocycles. The summed E-state index contributed by atoms with van der Waals surface area (Å²) in [5.41, 5.74) is 6.27. The summed E-state index contributed by atoms with van der Waals surface area (Å²) in [6.07, 6.45) is 0.616. The summed E-state index contributed by atoms with van der Waals surface area (Å²) >= 11 is 0. The molecule has 4 atom stereocenters. The molecule has 3 unspecified atom stereocenters. The Morgan fingerprint density at radius 1 is 1.18 bits per heavy atom. The van der Waals surface area contributed by atoms with E-state index in [1.165, 1.54) is 4.90 Å². The highest BCUT2D eigenvalue weighted by molar-refractivity contribution is 6.38. The van der Waals surface area contributed by atoms with Crippen molar-refractivity contribution in [1.29, 1.82) is 0 Å². The Balaban J connectivity index is 2.08. The molecule has 1 aliphatic heterocycles. The minimum Gasteiger partial charge on any atom is -0.481 e. The Hall–Kier alpha value is -2.92. The van der Waals surface area contributed by atoms with Gasteiger partial charge in [0.2, 0.25) is 17.7 Å². The minimum absolute atomic E-state index is 0.138. The second kappa shape index (κ2) is 13.1. The van der Waals surface area contributed by atoms with Crippen LogP contribution in [-0.2, 0) is 23.8 Å². The number of likely N-dealkylation sites (tertiary alicyclic amines) is 1. The first-order chi connectivity index (χ1) is 16.1. The molecule has 1 fully saturated rings. The Morgan fingerprint density at radius 2 is 1.85 bits per heavy atom. The fraction of sp³-hybridized carbons (Fsp3) is 0.565. The molecule has 0 bridgehead atoms. The molecule has 0 aromatic heterocycles. The Labute approximate surface area is 200 Å². The van der Waals surface area contributed by atoms with Gasteiger partial charge in [0, 0.05) is 6.54 Å². The van der Waals surface area contributed by atoms with Gasteiger partial charge >= 0.3 is 5.97 Å². The fourth-order valence-electron chi connectivity index (χ4n) is 4.09. The van der Waals surface area contributed by atoms with Gasteiger partial charge in [0.1, 0.15) is 12.1 Å². The highest BCUT2D eigenvalue weighted by Gasteiger charge is 2.39. The predicted molar refractivity (Wildman–Crippen MR) is 128 cm³/mol. The van der Waals surface area contributed by atoms with Crippen molar-refractivity contribution in [3.63, 3.8) is 0 Å². The largest absolute Gasteiger partial charge is 0.481 e. The van der Waals surface area contributed by atoms with Crippen LogP contribution < -0.4 is 16.4 Å². The minimum atomic E-state index is -1.14. The van der Waals surface area contributed by atoms with Gasteiger partial charge in [0.05, 0.1) is 25.0 Å². The van der Waals surface area contributed by atoms with Crippen molar-refractivity contribution >= 4 is 31.2 Å². The monoisotopic (exact) mass is 474 g/mol. The number of nitrogens with one attached hydrogen (secondary N) is 2. The van der Waals surface area contributed by atoms with E-state index in [9.17, 15) is 19.2 Å². The van der Waals surface area contributed by atoms with E-state index in [1.807, 2.05) is 51.1 Å². The van der Waals surface area contributed by atoms with Crippen LogP contribution >= 0.6 is 0 Å². The first kappa shape index (κ1) is 27.3. The van der Waals surface area contributed by atoms with Crippen molar-refractivity contribution in [2.24, 2.45) is 11.7 Å². The normalized spacial score (nSPS) is 18.1. The zero-order valence-electron chi connectivity index (χ0n) is 20.0. The lowest BCUT2D eigenvalue weighted by Crippen LogP contribution is -2.55. The standard InChI is InChI=1S/C23H35BN4O6/c1-14(2)20(22(32)26-15(3)16-8-5-4-6-9-16)27-21(31)18-10-7-11-28(18)23(33)17(12-19(29)30)24-34-13-25/h4-6,8-9,14-15,17-18,20,24H,7,10-13,25H2,1-3H3,(H,26,32)(H,27,31)(H,29,30)/t15?,17-,18?,20?/m0/s1. The number of nitrogens with two attached hydrogens (primary N) is 1. The molecule has 1 aromatic rings. The van der Waals surface area contributed by atoms with Crippen molar-refractivity contribution < 1.29 is 28.9 Å². The molecular formula is C23H35BN4O6. The molecule has 3 amide bonds. The molecule has 0 radical (unpaired) electrons. The van der Waals surface area contributed by atoms with Crippen LogP contribution in [0.15, 0.2) is 30.3 Å². The summed E-state index contributed by atoms with van der Waals surface area (Å²) in [5, 5.41) is 14.9. The summed E-state index contributed by atoms with van der Waals surface area (Å²) in [6, 6.07) is 7.70. The quantitative estimate of drug-likeness (QED) is 0.255. The number of aliphatic carboxylic acids is 1. The summed E-state index contributed by atoms with van der Waals surface area (Å²) in [7, 11) is -0.138. The van der Waals surface area contributed by atoms with Gasteiger partial charge in [-0.25, -0.2) is 0 Å². The molecule has 1 aliphatic rings. The zero-order valence-corrected chi connectivity index (χ0v) is 20.0. The van der Waals surface area contributed by atoms with Gasteiger partial charge in [0.15, 0.2) is 0 Å². The number of carboxylic acids is 1. The summed E-state index contributed by atoms with van der Waals surface area (Å²) in [6.45, 7) is 5.74. The number of carbonyl (C=O) groups is 4. The number of carbonyl (C=O) groups excluding carboxylic acids is 3. The van der Waals surface area contributed by atoms with Gasteiger partial charge < -0.3 is 31.0 Å². The third-order valence-electron chi connectivity index (χ3n) is 5.95. The molecule has 34 heavy (non-hydrogen) atoms. The number of amides is 3. The maximum atomic E-state index is 13.1. The molecule has 2 rings (SSSR count). The molecule has 5 N–H and O–H groups in total. The van der Waals surface area contributed by atoms with E-state index in [2.05, 4.69) is 10.6 Å². The molecule has 1 heterocycles. The molecule has 0 saturated carbocycles. The van der Waals surface area contributed by atoms with Crippen molar-refractivity contribution in [1.82, 2.24) is 15.5 Å². The van der Waals surface area contributed by atoms with Crippen LogP contribution in [0.4, 0.5) is 0 Å². The Kier molecular flexibility index (Phi) is 10.5. The molecule has 0 aliphatic carbocycles. The summed E-state index contributed by atoms with van der Waals surface area (Å²) < 4.78 is 5.09. The van der Waals surface area contributed by atoms with Crippen molar-refractivity contribution in [3.05, 3.63) is 35.9 Å². The Bertz CT molecular complexity index is 853. The van der Waals surface area contributed by atoms with Crippen LogP contribution in [0, 0.1) is 5.92 Å². The highest BCUT2D eigenvalue weighted by Crippen LogP contribution is 2.24. The predicted octanol–water partition coefficient (Wildman–Crippen LogP) is 0.543. The van der Waals surface area contributed by atoms with Crippen LogP contribution in [0.2, 0.25) is 5.82 Å². The molecule has 0 spiro atoms. The Morgan fingerprint density at radius 3 is 2.44 bits per heavy atom. The fourth-order valence-corrected chi connectivity index (χ4v) is 4.09. The number of carboxylic acid groups (broad SMARTS) is 1. The summed E-state index contributed by atoms with van der Waals surface area (Å²) in [5.74, 6) is -3.46. The summed E-state index contributed by atoms with van der Waals surface area (Å²) in [4.78, 5) is 51.8. The van der Waals surface area contributed by atoms with Crippen LogP contribution in [0.1, 0.15) is 51.6 Å². The molecule has 1 aromatic carbocycles. The lowest BCUT2D eigenvalue weighted by Gasteiger charge is -2.30. The number of hydrogen-bond acceptors (Lipinski definition) is 6. The zero-order chi connectivity index (χ0) is 25.3. The van der Waals surface area contributed by atoms with E-state index >= 15 is 0 Å². The smallest absolute Gasteiger partial charge is 0.303 e. The van der Waals surface area contributed by atoms with Crippen LogP contribution in [0.25, 0.3) is 0 Å². The van der Waals surface area contributed by atoms with E-state index < -0.39 is 42.1 Å². The molecule has 186 valence electrons. The van der Waals surface area contributed by atoms with Gasteiger partial charge in [-0.15, -0.1) is 0 Å². The second-order valence-electron chi connectivity index (χ2n) is 8.89. The first-order valence-electron chi connectivity index (χ1n) is 11.6. The third-order valence-corrected chi connectivity index (χ3v) is 5.95. The van der Waals surface area contributed by atoms with E-state index in [4.69, 9.17) is 15.5 Å². The van der Waals surface area contributed by atoms with E-state index in [-0.39, 0.29) is 32.1 Å². The number of benzene rings is 1. The van der Waals surface area contributed by atoms with Gasteiger partial charge in [0.25, 0.3) is 7.48 Å². The lowest BCUT2D eigenvalue weighted by molar-refractivity contribution is -0.143. The number of rotatable bonds is 12. The van der Waals surface area contributed by atoms with Crippen LogP contribution in [0.5, 0.6) is 0 Å². The maximum absolute atomic E-state index is 13.1. The lowest BCUT2D eigenvalue weighted by atomic mass is 9.76. The average molecular weight is 474 g/mol. The van der Waals surface area contributed by atoms with Gasteiger partial charge in [-0.2, -0.15) is 0 Å². The van der Waals surface area contributed by atoms with E-state index in [0.29, 0.717) is 19.4 Å². The van der Waals surface area contributed by atoms with E-state index in [0.717, 1.165) is 5.56 Å². The molecule has 11 heteroatoms. The number of nitrogens with zero attached hydrogens (tertiary/aromatic N) is 1. The van der Waals surface area contributed by atoms with Crippen molar-refractivity contribution in [2.45, 2.75) is 64.0 Å². The van der Waals surface area contributed by atoms with Crippen molar-refractivity contribution in [2.75, 3.05) is 13.3 Å². The van der Waals surface area contributed by atoms with E-state index in [1.54, 1.807) is 0 Å². The number of hydrogen-bond donors (Lipinski definition) is 4. The molecular weight excluding hydrogens is 439 g/mol.